The molecular formula is C28H57N2O4P. The summed E-state index contributed by atoms with van der Waals surface area (Å²) in [5.41, 5.74) is 0. The van der Waals surface area contributed by atoms with Gasteiger partial charge in [-0.05, 0) is 71.1 Å². The first kappa shape index (κ1) is 32.8. The van der Waals surface area contributed by atoms with Crippen LogP contribution in [0.25, 0.3) is 0 Å². The minimum absolute atomic E-state index is 0.218. The van der Waals surface area contributed by atoms with Crippen LogP contribution in [0.2, 0.25) is 0 Å². The van der Waals surface area contributed by atoms with Crippen LogP contribution < -0.4 is 0 Å². The molecule has 0 spiro atoms. The molecular weight excluding hydrogens is 459 g/mol. The summed E-state index contributed by atoms with van der Waals surface area (Å²) in [5.74, 6) is 0. The highest BCUT2D eigenvalue weighted by Crippen LogP contribution is 2.43. The lowest BCUT2D eigenvalue weighted by molar-refractivity contribution is 0.0864. The van der Waals surface area contributed by atoms with Crippen molar-refractivity contribution in [2.24, 2.45) is 0 Å². The molecule has 6 nitrogen and oxygen atoms in total. The van der Waals surface area contributed by atoms with Crippen molar-refractivity contribution in [3.8, 4) is 0 Å². The number of hydrogen-bond donors (Lipinski definition) is 1. The van der Waals surface area contributed by atoms with E-state index in [1.165, 1.54) is 96.6 Å². The molecule has 35 heavy (non-hydrogen) atoms. The summed E-state index contributed by atoms with van der Waals surface area (Å²) in [6.45, 7) is 12.4. The van der Waals surface area contributed by atoms with Crippen LogP contribution in [0, 0.1) is 0 Å². The number of allylic oxidation sites excluding steroid dienone is 1. The predicted octanol–water partition coefficient (Wildman–Crippen LogP) is 7.57. The van der Waals surface area contributed by atoms with Crippen molar-refractivity contribution in [2.75, 3.05) is 45.9 Å². The summed E-state index contributed by atoms with van der Waals surface area (Å²) in [4.78, 5) is 15.1. The molecule has 0 saturated carbocycles. The third-order valence-electron chi connectivity index (χ3n) is 7.01. The van der Waals surface area contributed by atoms with Crippen molar-refractivity contribution in [3.63, 3.8) is 0 Å². The second kappa shape index (κ2) is 21.8. The lowest BCUT2D eigenvalue weighted by Gasteiger charge is -2.38. The normalized spacial score (nSPS) is 17.5. The molecule has 0 amide bonds. The zero-order chi connectivity index (χ0) is 25.6. The van der Waals surface area contributed by atoms with Gasteiger partial charge in [-0.25, -0.2) is 4.57 Å². The van der Waals surface area contributed by atoms with Crippen LogP contribution >= 0.6 is 7.82 Å². The number of unbranched alkanes of at least 4 members (excludes halogenated alkanes) is 9. The van der Waals surface area contributed by atoms with Gasteiger partial charge in [0, 0.05) is 12.6 Å². The van der Waals surface area contributed by atoms with E-state index >= 15 is 0 Å². The van der Waals surface area contributed by atoms with Crippen LogP contribution in [0.3, 0.4) is 0 Å². The van der Waals surface area contributed by atoms with Gasteiger partial charge in [-0.15, -0.1) is 0 Å². The van der Waals surface area contributed by atoms with Crippen LogP contribution in [0.1, 0.15) is 117 Å². The van der Waals surface area contributed by atoms with Crippen molar-refractivity contribution < 1.29 is 18.5 Å². The number of rotatable bonds is 23. The van der Waals surface area contributed by atoms with Crippen molar-refractivity contribution >= 4 is 7.82 Å². The fraction of sp³-hybridized carbons (Fsp3) is 0.929. The maximum Gasteiger partial charge on any atom is 0.472 e. The minimum atomic E-state index is -3.96. The summed E-state index contributed by atoms with van der Waals surface area (Å²) in [7, 11) is -3.96. The van der Waals surface area contributed by atoms with Gasteiger partial charge in [0.25, 0.3) is 0 Å². The number of nitrogens with zero attached hydrogens (tertiary/aromatic N) is 2. The number of phosphoric ester groups is 1. The molecule has 0 aliphatic carbocycles. The van der Waals surface area contributed by atoms with E-state index in [9.17, 15) is 9.46 Å². The Morgan fingerprint density at radius 3 is 1.94 bits per heavy atom. The number of phosphoric acid groups is 1. The Labute approximate surface area is 217 Å². The average molecular weight is 517 g/mol. The van der Waals surface area contributed by atoms with E-state index in [-0.39, 0.29) is 13.2 Å². The van der Waals surface area contributed by atoms with Crippen molar-refractivity contribution in [1.29, 1.82) is 0 Å². The van der Waals surface area contributed by atoms with Crippen LogP contribution in [0.15, 0.2) is 12.2 Å². The Morgan fingerprint density at radius 2 is 1.34 bits per heavy atom. The fourth-order valence-corrected chi connectivity index (χ4v) is 5.50. The highest BCUT2D eigenvalue weighted by atomic mass is 31.2. The van der Waals surface area contributed by atoms with Crippen molar-refractivity contribution in [3.05, 3.63) is 12.2 Å². The third-order valence-corrected chi connectivity index (χ3v) is 8.03. The standard InChI is InChI=1S/C28H57N2O4P/c1-4-7-10-13-14-15-18-26-33-35(31,32)34-27-25-29-23-19-28(20-24-29)30(21-16-11-8-5-2)22-17-12-9-6-3/h14-15,28H,4-13,16-27H2,1-3H3,(H,31,32)/b15-14-. The first-order valence-corrected chi connectivity index (χ1v) is 16.2. The van der Waals surface area contributed by atoms with Gasteiger partial charge in [-0.1, -0.05) is 84.3 Å². The Morgan fingerprint density at radius 1 is 0.800 bits per heavy atom. The smallest absolute Gasteiger partial charge is 0.302 e. The molecule has 1 fully saturated rings. The zero-order valence-electron chi connectivity index (χ0n) is 23.3. The van der Waals surface area contributed by atoms with Crippen molar-refractivity contribution in [1.82, 2.24) is 9.80 Å². The van der Waals surface area contributed by atoms with E-state index in [4.69, 9.17) is 9.05 Å². The molecule has 0 bridgehead atoms. The summed E-state index contributed by atoms with van der Waals surface area (Å²) in [6.07, 6.45) is 22.5. The average Bonchev–Trinajstić information content (AvgIpc) is 2.85. The molecule has 7 heteroatoms. The monoisotopic (exact) mass is 516 g/mol. The van der Waals surface area contributed by atoms with E-state index in [2.05, 4.69) is 36.6 Å². The molecule has 1 aliphatic heterocycles. The maximum absolute atomic E-state index is 12.1. The second-order valence-corrected chi connectivity index (χ2v) is 11.6. The molecule has 208 valence electrons. The lowest BCUT2D eigenvalue weighted by Crippen LogP contribution is -2.46. The van der Waals surface area contributed by atoms with E-state index in [0.717, 1.165) is 19.5 Å². The van der Waals surface area contributed by atoms with Crippen LogP contribution in [0.4, 0.5) is 0 Å². The Bertz CT molecular complexity index is 541. The molecule has 1 saturated heterocycles. The van der Waals surface area contributed by atoms with Gasteiger partial charge in [-0.2, -0.15) is 0 Å². The van der Waals surface area contributed by atoms with E-state index < -0.39 is 7.82 Å². The largest absolute Gasteiger partial charge is 0.472 e. The molecule has 1 unspecified atom stereocenters. The summed E-state index contributed by atoms with van der Waals surface area (Å²) >= 11 is 0. The highest BCUT2D eigenvalue weighted by molar-refractivity contribution is 7.47. The molecule has 0 aromatic rings. The van der Waals surface area contributed by atoms with Gasteiger partial charge in [-0.3, -0.25) is 9.05 Å². The van der Waals surface area contributed by atoms with Gasteiger partial charge in [0.2, 0.25) is 0 Å². The zero-order valence-corrected chi connectivity index (χ0v) is 24.2. The van der Waals surface area contributed by atoms with Crippen LogP contribution in [0.5, 0.6) is 0 Å². The predicted molar refractivity (Wildman–Crippen MR) is 149 cm³/mol. The summed E-state index contributed by atoms with van der Waals surface area (Å²) < 4.78 is 22.5. The van der Waals surface area contributed by atoms with Gasteiger partial charge < -0.3 is 14.7 Å². The Balaban J connectivity index is 2.24. The van der Waals surface area contributed by atoms with E-state index in [1.54, 1.807) is 0 Å². The van der Waals surface area contributed by atoms with E-state index in [1.807, 2.05) is 6.08 Å². The maximum atomic E-state index is 12.1. The first-order valence-electron chi connectivity index (χ1n) is 14.8. The van der Waals surface area contributed by atoms with Crippen LogP contribution in [-0.4, -0.2) is 66.7 Å². The molecule has 0 aromatic carbocycles. The first-order chi connectivity index (χ1) is 17.0. The highest BCUT2D eigenvalue weighted by Gasteiger charge is 2.25. The Kier molecular flexibility index (Phi) is 20.4. The third kappa shape index (κ3) is 17.8. The van der Waals surface area contributed by atoms with Crippen LogP contribution in [-0.2, 0) is 13.6 Å². The lowest BCUT2D eigenvalue weighted by atomic mass is 10.0. The molecule has 1 atom stereocenters. The van der Waals surface area contributed by atoms with Gasteiger partial charge in [0.1, 0.15) is 0 Å². The Hall–Kier alpha value is -0.230. The molecule has 1 aliphatic rings. The summed E-state index contributed by atoms with van der Waals surface area (Å²) in [6, 6.07) is 0.678. The number of piperidine rings is 1. The van der Waals surface area contributed by atoms with Gasteiger partial charge in [0.15, 0.2) is 0 Å². The summed E-state index contributed by atoms with van der Waals surface area (Å²) in [5, 5.41) is 0. The number of likely N-dealkylation sites (tertiary alicyclic amines) is 1. The van der Waals surface area contributed by atoms with Gasteiger partial charge in [0.05, 0.1) is 13.2 Å². The minimum Gasteiger partial charge on any atom is -0.302 e. The molecule has 0 aromatic heterocycles. The SMILES string of the molecule is CCCCC/C=C\CCOP(=O)(O)OCCN1CCC(N(CCCCCC)CCCCCC)CC1. The van der Waals surface area contributed by atoms with Crippen molar-refractivity contribution in [2.45, 2.75) is 123 Å². The quantitative estimate of drug-likeness (QED) is 0.0858. The van der Waals surface area contributed by atoms with Gasteiger partial charge >= 0.3 is 7.82 Å². The molecule has 1 heterocycles. The van der Waals surface area contributed by atoms with E-state index in [0.29, 0.717) is 19.0 Å². The fourth-order valence-electron chi connectivity index (χ4n) is 4.77. The molecule has 0 radical (unpaired) electrons. The topological polar surface area (TPSA) is 62.2 Å². The number of hydrogen-bond acceptors (Lipinski definition) is 5. The second-order valence-electron chi connectivity index (χ2n) is 10.1. The molecule has 1 N–H and O–H groups in total. The molecule has 1 rings (SSSR count).